The SMILES string of the molecule is Cc1cccc(NC(=O)C2CSCN2C(=O)c2cccs2)c1C. The quantitative estimate of drug-likeness (QED) is 0.925. The Kier molecular flexibility index (Phi) is 4.73. The smallest absolute Gasteiger partial charge is 0.265 e. The molecule has 2 heterocycles. The fourth-order valence-electron chi connectivity index (χ4n) is 2.50. The van der Waals surface area contributed by atoms with Crippen LogP contribution in [0, 0.1) is 13.8 Å². The van der Waals surface area contributed by atoms with Crippen molar-refractivity contribution < 1.29 is 9.59 Å². The summed E-state index contributed by atoms with van der Waals surface area (Å²) in [6.45, 7) is 4.01. The van der Waals surface area contributed by atoms with Crippen LogP contribution in [0.5, 0.6) is 0 Å². The zero-order valence-corrected chi connectivity index (χ0v) is 14.7. The number of hydrogen-bond donors (Lipinski definition) is 1. The van der Waals surface area contributed by atoms with Crippen LogP contribution in [0.15, 0.2) is 35.7 Å². The fraction of sp³-hybridized carbons (Fsp3) is 0.294. The van der Waals surface area contributed by atoms with Gasteiger partial charge in [0.15, 0.2) is 0 Å². The first-order chi connectivity index (χ1) is 11.1. The molecular formula is C17H18N2O2S2. The highest BCUT2D eigenvalue weighted by molar-refractivity contribution is 7.99. The Balaban J connectivity index is 1.76. The molecule has 1 fully saturated rings. The second-order valence-corrected chi connectivity index (χ2v) is 7.45. The molecule has 2 amide bonds. The van der Waals surface area contributed by atoms with Crippen LogP contribution < -0.4 is 5.32 Å². The molecule has 6 heteroatoms. The number of amides is 2. The average Bonchev–Trinajstić information content (AvgIpc) is 3.21. The lowest BCUT2D eigenvalue weighted by molar-refractivity contribution is -0.119. The van der Waals surface area contributed by atoms with E-state index in [0.717, 1.165) is 16.8 Å². The predicted molar refractivity (Wildman–Crippen MR) is 96.1 cm³/mol. The number of hydrogen-bond acceptors (Lipinski definition) is 4. The van der Waals surface area contributed by atoms with Crippen molar-refractivity contribution in [2.75, 3.05) is 16.9 Å². The maximum absolute atomic E-state index is 12.6. The van der Waals surface area contributed by atoms with Crippen molar-refractivity contribution in [3.63, 3.8) is 0 Å². The first-order valence-electron chi connectivity index (χ1n) is 7.37. The highest BCUT2D eigenvalue weighted by Crippen LogP contribution is 2.26. The lowest BCUT2D eigenvalue weighted by Gasteiger charge is -2.23. The van der Waals surface area contributed by atoms with E-state index in [-0.39, 0.29) is 11.8 Å². The molecule has 23 heavy (non-hydrogen) atoms. The number of thioether (sulfide) groups is 1. The summed E-state index contributed by atoms with van der Waals surface area (Å²) < 4.78 is 0. The van der Waals surface area contributed by atoms with Crippen molar-refractivity contribution in [1.29, 1.82) is 0 Å². The Morgan fingerprint density at radius 2 is 2.04 bits per heavy atom. The third-order valence-corrected chi connectivity index (χ3v) is 5.91. The van der Waals surface area contributed by atoms with Crippen molar-refractivity contribution in [3.8, 4) is 0 Å². The molecule has 1 N–H and O–H groups in total. The molecule has 0 radical (unpaired) electrons. The summed E-state index contributed by atoms with van der Waals surface area (Å²) in [7, 11) is 0. The summed E-state index contributed by atoms with van der Waals surface area (Å²) in [5, 5.41) is 4.86. The summed E-state index contributed by atoms with van der Waals surface area (Å²) in [5.74, 6) is 1.01. The van der Waals surface area contributed by atoms with Gasteiger partial charge >= 0.3 is 0 Å². The molecule has 1 aromatic carbocycles. The van der Waals surface area contributed by atoms with Crippen LogP contribution in [0.1, 0.15) is 20.8 Å². The number of aryl methyl sites for hydroxylation is 1. The highest BCUT2D eigenvalue weighted by Gasteiger charge is 2.35. The second kappa shape index (κ2) is 6.76. The summed E-state index contributed by atoms with van der Waals surface area (Å²) in [5.41, 5.74) is 3.01. The standard InChI is InChI=1S/C17H18N2O2S2/c1-11-5-3-6-13(12(11)2)18-16(20)14-9-22-10-19(14)17(21)15-7-4-8-23-15/h3-8,14H,9-10H2,1-2H3,(H,18,20). The van der Waals surface area contributed by atoms with Gasteiger partial charge in [-0.25, -0.2) is 0 Å². The summed E-state index contributed by atoms with van der Waals surface area (Å²) in [4.78, 5) is 27.5. The van der Waals surface area contributed by atoms with Gasteiger partial charge in [-0.1, -0.05) is 18.2 Å². The minimum Gasteiger partial charge on any atom is -0.324 e. The number of carbonyl (C=O) groups excluding carboxylic acids is 2. The number of benzene rings is 1. The van der Waals surface area contributed by atoms with Gasteiger partial charge in [-0.3, -0.25) is 9.59 Å². The molecular weight excluding hydrogens is 328 g/mol. The largest absolute Gasteiger partial charge is 0.324 e. The van der Waals surface area contributed by atoms with Crippen molar-refractivity contribution in [2.45, 2.75) is 19.9 Å². The van der Waals surface area contributed by atoms with E-state index in [1.54, 1.807) is 22.7 Å². The Labute approximate surface area is 143 Å². The van der Waals surface area contributed by atoms with Gasteiger partial charge in [0.2, 0.25) is 5.91 Å². The van der Waals surface area contributed by atoms with Crippen LogP contribution in [-0.4, -0.2) is 34.4 Å². The lowest BCUT2D eigenvalue weighted by atomic mass is 10.1. The maximum atomic E-state index is 12.6. The van der Waals surface area contributed by atoms with Gasteiger partial charge in [-0.05, 0) is 42.5 Å². The van der Waals surface area contributed by atoms with Crippen LogP contribution in [-0.2, 0) is 4.79 Å². The van der Waals surface area contributed by atoms with Crippen molar-refractivity contribution in [2.24, 2.45) is 0 Å². The zero-order chi connectivity index (χ0) is 16.4. The van der Waals surface area contributed by atoms with E-state index in [1.807, 2.05) is 43.5 Å². The summed E-state index contributed by atoms with van der Waals surface area (Å²) in [6.07, 6.45) is 0. The number of rotatable bonds is 3. The molecule has 1 aromatic heterocycles. The summed E-state index contributed by atoms with van der Waals surface area (Å²) in [6, 6.07) is 9.07. The van der Waals surface area contributed by atoms with Crippen LogP contribution in [0.4, 0.5) is 5.69 Å². The normalized spacial score (nSPS) is 17.3. The van der Waals surface area contributed by atoms with E-state index in [2.05, 4.69) is 5.32 Å². The van der Waals surface area contributed by atoms with Crippen LogP contribution in [0.2, 0.25) is 0 Å². The number of nitrogens with one attached hydrogen (secondary N) is 1. The Hall–Kier alpha value is -1.79. The van der Waals surface area contributed by atoms with Crippen LogP contribution >= 0.6 is 23.1 Å². The van der Waals surface area contributed by atoms with E-state index >= 15 is 0 Å². The zero-order valence-electron chi connectivity index (χ0n) is 13.0. The Bertz CT molecular complexity index is 728. The molecule has 1 aliphatic heterocycles. The third-order valence-electron chi connectivity index (χ3n) is 4.04. The number of carbonyl (C=O) groups is 2. The van der Waals surface area contributed by atoms with Crippen LogP contribution in [0.3, 0.4) is 0 Å². The molecule has 1 atom stereocenters. The predicted octanol–water partition coefficient (Wildman–Crippen LogP) is 3.52. The summed E-state index contributed by atoms with van der Waals surface area (Å²) >= 11 is 3.02. The number of anilines is 1. The average molecular weight is 346 g/mol. The third kappa shape index (κ3) is 3.28. The molecule has 2 aromatic rings. The molecule has 1 aliphatic rings. The minimum atomic E-state index is -0.422. The molecule has 1 unspecified atom stereocenters. The molecule has 0 saturated carbocycles. The topological polar surface area (TPSA) is 49.4 Å². The van der Waals surface area contributed by atoms with Gasteiger partial charge in [0.25, 0.3) is 5.91 Å². The van der Waals surface area contributed by atoms with Gasteiger partial charge in [0, 0.05) is 11.4 Å². The van der Waals surface area contributed by atoms with Gasteiger partial charge < -0.3 is 10.2 Å². The second-order valence-electron chi connectivity index (χ2n) is 5.50. The fourth-order valence-corrected chi connectivity index (χ4v) is 4.34. The molecule has 4 nitrogen and oxygen atoms in total. The Morgan fingerprint density at radius 1 is 1.22 bits per heavy atom. The van der Waals surface area contributed by atoms with Gasteiger partial charge in [0.05, 0.1) is 10.8 Å². The van der Waals surface area contributed by atoms with E-state index < -0.39 is 6.04 Å². The van der Waals surface area contributed by atoms with Gasteiger partial charge in [0.1, 0.15) is 6.04 Å². The van der Waals surface area contributed by atoms with Crippen molar-refractivity contribution in [3.05, 3.63) is 51.7 Å². The highest BCUT2D eigenvalue weighted by atomic mass is 32.2. The first-order valence-corrected chi connectivity index (χ1v) is 9.40. The lowest BCUT2D eigenvalue weighted by Crippen LogP contribution is -2.44. The number of nitrogens with zero attached hydrogens (tertiary/aromatic N) is 1. The van der Waals surface area contributed by atoms with E-state index in [9.17, 15) is 9.59 Å². The monoisotopic (exact) mass is 346 g/mol. The van der Waals surface area contributed by atoms with E-state index in [0.29, 0.717) is 16.5 Å². The van der Waals surface area contributed by atoms with Crippen molar-refractivity contribution >= 4 is 40.6 Å². The Morgan fingerprint density at radius 3 is 2.78 bits per heavy atom. The van der Waals surface area contributed by atoms with Crippen molar-refractivity contribution in [1.82, 2.24) is 4.90 Å². The van der Waals surface area contributed by atoms with Gasteiger partial charge in [-0.2, -0.15) is 0 Å². The molecule has 120 valence electrons. The van der Waals surface area contributed by atoms with Crippen LogP contribution in [0.25, 0.3) is 0 Å². The molecule has 1 saturated heterocycles. The van der Waals surface area contributed by atoms with E-state index in [1.165, 1.54) is 11.3 Å². The maximum Gasteiger partial charge on any atom is 0.265 e. The van der Waals surface area contributed by atoms with E-state index in [4.69, 9.17) is 0 Å². The molecule has 3 rings (SSSR count). The number of thiophene rings is 1. The molecule has 0 aliphatic carbocycles. The molecule has 0 spiro atoms. The van der Waals surface area contributed by atoms with Gasteiger partial charge in [-0.15, -0.1) is 23.1 Å². The molecule has 0 bridgehead atoms. The minimum absolute atomic E-state index is 0.0638. The first kappa shape index (κ1) is 16.1.